The average Bonchev–Trinajstić information content (AvgIpc) is 2.30. The van der Waals surface area contributed by atoms with Gasteiger partial charge in [0.25, 0.3) is 4.98 Å². The van der Waals surface area contributed by atoms with Crippen molar-refractivity contribution in [3.8, 4) is 0 Å². The van der Waals surface area contributed by atoms with Crippen LogP contribution in [-0.4, -0.2) is 22.9 Å². The van der Waals surface area contributed by atoms with Gasteiger partial charge in [0, 0.05) is 11.1 Å². The van der Waals surface area contributed by atoms with E-state index in [2.05, 4.69) is 22.6 Å². The minimum atomic E-state index is -0.687. The lowest BCUT2D eigenvalue weighted by Crippen LogP contribution is -2.33. The molecule has 0 rings (SSSR count). The number of nitrogens with zero attached hydrogens (tertiary/aromatic N) is 3. The number of primary amides is 1. The van der Waals surface area contributed by atoms with E-state index in [4.69, 9.17) is 11.6 Å². The predicted octanol–water partition coefficient (Wildman–Crippen LogP) is 1.11. The van der Waals surface area contributed by atoms with Crippen molar-refractivity contribution in [2.45, 2.75) is 40.5 Å². The number of hydrogen-bond acceptors (Lipinski definition) is 3. The van der Waals surface area contributed by atoms with Gasteiger partial charge < -0.3 is 5.73 Å². The molecule has 0 aromatic heterocycles. The molecule has 0 saturated carbocycles. The van der Waals surface area contributed by atoms with Gasteiger partial charge in [-0.1, -0.05) is 20.8 Å². The molecule has 0 aromatic rings. The molecule has 2 amide bonds. The van der Waals surface area contributed by atoms with E-state index in [1.807, 2.05) is 20.8 Å². The third kappa shape index (κ3) is 6.49. The molecule has 8 heteroatoms. The van der Waals surface area contributed by atoms with E-state index < -0.39 is 6.03 Å². The second-order valence-electron chi connectivity index (χ2n) is 4.97. The molecule has 0 aliphatic rings. The first kappa shape index (κ1) is 17.0. The smallest absolute Gasteiger partial charge is 0.332 e. The largest absolute Gasteiger partial charge is 0.350 e. The summed E-state index contributed by atoms with van der Waals surface area (Å²) in [6.45, 7) is 7.95. The van der Waals surface area contributed by atoms with Crippen LogP contribution in [0.3, 0.4) is 0 Å². The zero-order chi connectivity index (χ0) is 15.1. The molecule has 0 spiro atoms. The Hall–Kier alpha value is -1.99. The van der Waals surface area contributed by atoms with E-state index in [-0.39, 0.29) is 16.3 Å². The highest BCUT2D eigenvalue weighted by Gasteiger charge is 2.28. The molecule has 0 fully saturated rings. The van der Waals surface area contributed by atoms with Crippen molar-refractivity contribution >= 4 is 18.0 Å². The van der Waals surface area contributed by atoms with Crippen molar-refractivity contribution in [3.05, 3.63) is 4.91 Å². The molecule has 5 N–H and O–H groups in total. The Morgan fingerprint density at radius 1 is 1.53 bits per heavy atom. The van der Waals surface area contributed by atoms with Crippen LogP contribution >= 0.6 is 0 Å². The van der Waals surface area contributed by atoms with Crippen LogP contribution in [0.15, 0.2) is 10.2 Å². The maximum absolute atomic E-state index is 10.6. The second-order valence-corrected chi connectivity index (χ2v) is 4.97. The third-order valence-electron chi connectivity index (χ3n) is 3.42. The number of carbonyl (C=O) groups is 1. The molecule has 0 aliphatic heterocycles. The topological polar surface area (TPSA) is 126 Å². The summed E-state index contributed by atoms with van der Waals surface area (Å²) < 4.78 is 0. The number of hydrogen-bond donors (Lipinski definition) is 3. The molecule has 19 heavy (non-hydrogen) atoms. The Bertz CT molecular complexity index is 389. The summed E-state index contributed by atoms with van der Waals surface area (Å²) in [6.07, 6.45) is 2.93. The van der Waals surface area contributed by atoms with Crippen molar-refractivity contribution in [1.29, 1.82) is 0 Å². The van der Waals surface area contributed by atoms with Crippen molar-refractivity contribution in [2.24, 2.45) is 33.1 Å². The first-order valence-corrected chi connectivity index (χ1v) is 6.02. The summed E-state index contributed by atoms with van der Waals surface area (Å²) in [5, 5.41) is 7.36. The standard InChI is InChI=1S/C11H22N6O2/c1-8(6-5-7-14-17(13)19)11(3,4)9(2)15-16-10(12)18/h7-8H,5-6H2,1-4H3,(H4-,12,13,16,18,19)/p+1/b14-7?,15-9-/t8-/m1/s1. The minimum absolute atomic E-state index is 0.0271. The number of nitrogens with two attached hydrogens (primary N) is 2. The Balaban J connectivity index is 4.49. The predicted molar refractivity (Wildman–Crippen MR) is 74.3 cm³/mol. The fourth-order valence-electron chi connectivity index (χ4n) is 1.46. The van der Waals surface area contributed by atoms with E-state index in [1.165, 1.54) is 6.21 Å². The number of rotatable bonds is 7. The lowest BCUT2D eigenvalue weighted by Gasteiger charge is -2.31. The van der Waals surface area contributed by atoms with E-state index in [0.717, 1.165) is 12.1 Å². The van der Waals surface area contributed by atoms with Crippen molar-refractivity contribution < 1.29 is 9.77 Å². The number of hydrazone groups is 2. The van der Waals surface area contributed by atoms with Crippen LogP contribution in [-0.2, 0) is 0 Å². The average molecular weight is 271 g/mol. The van der Waals surface area contributed by atoms with Crippen molar-refractivity contribution in [2.75, 3.05) is 0 Å². The van der Waals surface area contributed by atoms with Crippen LogP contribution in [0.2, 0.25) is 0 Å². The van der Waals surface area contributed by atoms with Gasteiger partial charge in [-0.05, 0) is 25.7 Å². The van der Waals surface area contributed by atoms with Crippen molar-refractivity contribution in [3.63, 3.8) is 0 Å². The Labute approximate surface area is 112 Å². The van der Waals surface area contributed by atoms with Gasteiger partial charge in [0.05, 0.1) is 16.2 Å². The molecule has 0 saturated heterocycles. The number of hydrazine groups is 1. The van der Waals surface area contributed by atoms with Crippen LogP contribution in [0.25, 0.3) is 0 Å². The first-order valence-electron chi connectivity index (χ1n) is 6.02. The van der Waals surface area contributed by atoms with Gasteiger partial charge in [-0.2, -0.15) is 5.10 Å². The Morgan fingerprint density at radius 2 is 2.11 bits per heavy atom. The van der Waals surface area contributed by atoms with Gasteiger partial charge in [0.1, 0.15) is 0 Å². The molecule has 0 aromatic carbocycles. The van der Waals surface area contributed by atoms with Crippen molar-refractivity contribution in [1.82, 2.24) is 5.43 Å². The zero-order valence-electron chi connectivity index (χ0n) is 11.9. The van der Waals surface area contributed by atoms with E-state index in [1.54, 1.807) is 0 Å². The molecular formula is C11H23N6O2+. The quantitative estimate of drug-likeness (QED) is 0.278. The fourth-order valence-corrected chi connectivity index (χ4v) is 1.46. The Morgan fingerprint density at radius 3 is 2.58 bits per heavy atom. The number of urea groups is 1. The summed E-state index contributed by atoms with van der Waals surface area (Å²) in [7, 11) is 0. The normalized spacial score (nSPS) is 14.4. The zero-order valence-corrected chi connectivity index (χ0v) is 11.9. The van der Waals surface area contributed by atoms with Gasteiger partial charge in [-0.25, -0.2) is 10.2 Å². The summed E-state index contributed by atoms with van der Waals surface area (Å²) in [4.78, 5) is 21.0. The SMILES string of the molecule is C/C(=N/NC(N)=O)C(C)(C)[C@H](C)CCC=N[N+](N)=O. The van der Waals surface area contributed by atoms with Crippen LogP contribution in [0.4, 0.5) is 4.79 Å². The van der Waals surface area contributed by atoms with Gasteiger partial charge >= 0.3 is 6.03 Å². The summed E-state index contributed by atoms with van der Waals surface area (Å²) in [6, 6.07) is -0.687. The number of amides is 2. The fraction of sp³-hybridized carbons (Fsp3) is 0.727. The highest BCUT2D eigenvalue weighted by atomic mass is 16.3. The van der Waals surface area contributed by atoms with Crippen LogP contribution in [0, 0.1) is 16.2 Å². The summed E-state index contributed by atoms with van der Waals surface area (Å²) in [5.41, 5.74) is 7.76. The third-order valence-corrected chi connectivity index (χ3v) is 3.42. The monoisotopic (exact) mass is 271 g/mol. The van der Waals surface area contributed by atoms with E-state index in [9.17, 15) is 9.70 Å². The molecular weight excluding hydrogens is 248 g/mol. The molecule has 0 heterocycles. The second kappa shape index (κ2) is 7.45. The molecule has 0 bridgehead atoms. The molecule has 0 radical (unpaired) electrons. The van der Waals surface area contributed by atoms with Crippen LogP contribution in [0.5, 0.6) is 0 Å². The van der Waals surface area contributed by atoms with Gasteiger partial charge in [-0.3, -0.25) is 0 Å². The Kier molecular flexibility index (Phi) is 6.67. The lowest BCUT2D eigenvalue weighted by molar-refractivity contribution is -0.565. The first-order chi connectivity index (χ1) is 8.67. The van der Waals surface area contributed by atoms with E-state index in [0.29, 0.717) is 6.42 Å². The molecule has 8 nitrogen and oxygen atoms in total. The minimum Gasteiger partial charge on any atom is -0.350 e. The van der Waals surface area contributed by atoms with Gasteiger partial charge in [-0.15, -0.1) is 5.84 Å². The molecule has 108 valence electrons. The lowest BCUT2D eigenvalue weighted by atomic mass is 9.74. The molecule has 1 atom stereocenters. The number of nitroso groups, excluding NO2 is 1. The summed E-state index contributed by atoms with van der Waals surface area (Å²) in [5.74, 6) is 5.09. The number of nitrogens with one attached hydrogen (secondary N) is 1. The molecule has 0 aliphatic carbocycles. The highest BCUT2D eigenvalue weighted by molar-refractivity contribution is 5.88. The summed E-state index contributed by atoms with van der Waals surface area (Å²) >= 11 is 0. The van der Waals surface area contributed by atoms with E-state index >= 15 is 0 Å². The van der Waals surface area contributed by atoms with Gasteiger partial charge in [0.15, 0.2) is 0 Å². The molecule has 0 unspecified atom stereocenters. The van der Waals surface area contributed by atoms with Gasteiger partial charge in [0.2, 0.25) is 0 Å². The maximum atomic E-state index is 10.6. The number of carbonyl (C=O) groups excluding carboxylic acids is 1. The van der Waals surface area contributed by atoms with Crippen LogP contribution in [0.1, 0.15) is 40.5 Å². The van der Waals surface area contributed by atoms with Crippen LogP contribution < -0.4 is 17.0 Å². The highest BCUT2D eigenvalue weighted by Crippen LogP contribution is 2.31. The maximum Gasteiger partial charge on any atom is 0.332 e.